The van der Waals surface area contributed by atoms with E-state index in [-0.39, 0.29) is 18.5 Å². The summed E-state index contributed by atoms with van der Waals surface area (Å²) >= 11 is 0. The molecule has 0 radical (unpaired) electrons. The maximum Gasteiger partial charge on any atom is 0.306 e. The van der Waals surface area contributed by atoms with E-state index in [0.29, 0.717) is 25.5 Å². The van der Waals surface area contributed by atoms with Crippen LogP contribution in [-0.2, 0) is 14.3 Å². The largest absolute Gasteiger partial charge is 0.492 e. The smallest absolute Gasteiger partial charge is 0.306 e. The van der Waals surface area contributed by atoms with Crippen molar-refractivity contribution in [1.82, 2.24) is 5.32 Å². The van der Waals surface area contributed by atoms with E-state index in [9.17, 15) is 9.59 Å². The summed E-state index contributed by atoms with van der Waals surface area (Å²) in [6, 6.07) is 9.36. The number of para-hydroxylation sites is 1. The van der Waals surface area contributed by atoms with Gasteiger partial charge in [-0.25, -0.2) is 0 Å². The van der Waals surface area contributed by atoms with E-state index < -0.39 is 0 Å². The Kier molecular flexibility index (Phi) is 7.94. The summed E-state index contributed by atoms with van der Waals surface area (Å²) < 4.78 is 10.3. The molecule has 5 nitrogen and oxygen atoms in total. The average molecular weight is 293 g/mol. The summed E-state index contributed by atoms with van der Waals surface area (Å²) in [5, 5.41) is 2.63. The second kappa shape index (κ2) is 9.80. The van der Waals surface area contributed by atoms with Gasteiger partial charge in [0.25, 0.3) is 5.91 Å². The molecule has 0 aliphatic rings. The maximum atomic E-state index is 11.5. The van der Waals surface area contributed by atoms with Gasteiger partial charge in [0.05, 0.1) is 6.54 Å². The van der Waals surface area contributed by atoms with Crippen molar-refractivity contribution in [3.8, 4) is 5.75 Å². The molecule has 1 rings (SSSR count). The number of nitrogens with one attached hydrogen (secondary N) is 1. The van der Waals surface area contributed by atoms with E-state index in [1.165, 1.54) is 0 Å². The number of carbonyl (C=O) groups is 2. The Morgan fingerprint density at radius 2 is 1.90 bits per heavy atom. The number of esters is 1. The lowest BCUT2D eigenvalue weighted by molar-refractivity contribution is -0.148. The van der Waals surface area contributed by atoms with Gasteiger partial charge in [0, 0.05) is 6.42 Å². The van der Waals surface area contributed by atoms with E-state index in [1.54, 1.807) is 0 Å². The standard InChI is InChI=1S/C16H23NO4/c1-13(2)8-9-16(19)21-12-15(18)17-10-11-20-14-6-4-3-5-7-14/h3-7,13H,8-12H2,1-2H3,(H,17,18). The molecule has 5 heteroatoms. The predicted octanol–water partition coefficient (Wildman–Crippen LogP) is 2.16. The Hall–Kier alpha value is -2.04. The quantitative estimate of drug-likeness (QED) is 0.560. The summed E-state index contributed by atoms with van der Waals surface area (Å²) in [6.07, 6.45) is 1.12. The fourth-order valence-electron chi connectivity index (χ4n) is 1.55. The predicted molar refractivity (Wildman–Crippen MR) is 80.0 cm³/mol. The van der Waals surface area contributed by atoms with Crippen molar-refractivity contribution in [2.24, 2.45) is 5.92 Å². The number of hydrogen-bond acceptors (Lipinski definition) is 4. The van der Waals surface area contributed by atoms with Crippen LogP contribution in [-0.4, -0.2) is 31.6 Å². The first-order valence-electron chi connectivity index (χ1n) is 7.18. The lowest BCUT2D eigenvalue weighted by Gasteiger charge is -2.08. The Labute approximate surface area is 125 Å². The number of rotatable bonds is 9. The van der Waals surface area contributed by atoms with Crippen LogP contribution in [0.15, 0.2) is 30.3 Å². The van der Waals surface area contributed by atoms with Crippen LogP contribution in [0.25, 0.3) is 0 Å². The summed E-state index contributed by atoms with van der Waals surface area (Å²) in [5.41, 5.74) is 0. The van der Waals surface area contributed by atoms with Gasteiger partial charge in [0.15, 0.2) is 6.61 Å². The monoisotopic (exact) mass is 293 g/mol. The number of benzene rings is 1. The van der Waals surface area contributed by atoms with E-state index in [2.05, 4.69) is 5.32 Å². The van der Waals surface area contributed by atoms with E-state index in [0.717, 1.165) is 12.2 Å². The molecule has 0 aromatic heterocycles. The van der Waals surface area contributed by atoms with Crippen molar-refractivity contribution in [3.63, 3.8) is 0 Å². The van der Waals surface area contributed by atoms with Crippen molar-refractivity contribution >= 4 is 11.9 Å². The van der Waals surface area contributed by atoms with Crippen LogP contribution >= 0.6 is 0 Å². The Bertz CT molecular complexity index is 431. The molecule has 21 heavy (non-hydrogen) atoms. The van der Waals surface area contributed by atoms with E-state index in [4.69, 9.17) is 9.47 Å². The average Bonchev–Trinajstić information content (AvgIpc) is 2.48. The van der Waals surface area contributed by atoms with Gasteiger partial charge in [-0.3, -0.25) is 9.59 Å². The Morgan fingerprint density at radius 1 is 1.19 bits per heavy atom. The van der Waals surface area contributed by atoms with Gasteiger partial charge in [0.1, 0.15) is 12.4 Å². The molecule has 0 spiro atoms. The van der Waals surface area contributed by atoms with E-state index >= 15 is 0 Å². The third kappa shape index (κ3) is 8.68. The molecule has 1 N–H and O–H groups in total. The minimum Gasteiger partial charge on any atom is -0.492 e. The molecule has 1 aromatic carbocycles. The zero-order valence-corrected chi connectivity index (χ0v) is 12.6. The van der Waals surface area contributed by atoms with Crippen LogP contribution in [0.4, 0.5) is 0 Å². The summed E-state index contributed by atoms with van der Waals surface area (Å²) in [5.74, 6) is 0.553. The molecule has 0 unspecified atom stereocenters. The fraction of sp³-hybridized carbons (Fsp3) is 0.500. The molecule has 0 saturated heterocycles. The van der Waals surface area contributed by atoms with Crippen molar-refractivity contribution < 1.29 is 19.1 Å². The lowest BCUT2D eigenvalue weighted by atomic mass is 10.1. The molecule has 0 atom stereocenters. The molecule has 116 valence electrons. The highest BCUT2D eigenvalue weighted by molar-refractivity contribution is 5.80. The molecule has 0 fully saturated rings. The Morgan fingerprint density at radius 3 is 2.57 bits per heavy atom. The van der Waals surface area contributed by atoms with Crippen molar-refractivity contribution in [2.45, 2.75) is 26.7 Å². The molecule has 0 heterocycles. The number of ether oxygens (including phenoxy) is 2. The van der Waals surface area contributed by atoms with Crippen LogP contribution < -0.4 is 10.1 Å². The van der Waals surface area contributed by atoms with Crippen LogP contribution in [0.5, 0.6) is 5.75 Å². The van der Waals surface area contributed by atoms with E-state index in [1.807, 2.05) is 44.2 Å². The third-order valence-corrected chi connectivity index (χ3v) is 2.73. The Balaban J connectivity index is 2.05. The summed E-state index contributed by atoms with van der Waals surface area (Å²) in [7, 11) is 0. The van der Waals surface area contributed by atoms with Crippen molar-refractivity contribution in [1.29, 1.82) is 0 Å². The first kappa shape index (κ1) is 17.0. The molecule has 0 aliphatic carbocycles. The fourth-order valence-corrected chi connectivity index (χ4v) is 1.55. The second-order valence-corrected chi connectivity index (χ2v) is 5.10. The third-order valence-electron chi connectivity index (χ3n) is 2.73. The normalized spacial score (nSPS) is 10.2. The van der Waals surface area contributed by atoms with Gasteiger partial charge in [0.2, 0.25) is 0 Å². The van der Waals surface area contributed by atoms with Gasteiger partial charge in [-0.15, -0.1) is 0 Å². The number of hydrogen-bond donors (Lipinski definition) is 1. The summed E-state index contributed by atoms with van der Waals surface area (Å²) in [4.78, 5) is 22.8. The van der Waals surface area contributed by atoms with Crippen LogP contribution in [0.1, 0.15) is 26.7 Å². The lowest BCUT2D eigenvalue weighted by Crippen LogP contribution is -2.32. The maximum absolute atomic E-state index is 11.5. The molecule has 0 bridgehead atoms. The molecular formula is C16H23NO4. The van der Waals surface area contributed by atoms with Crippen LogP contribution in [0.3, 0.4) is 0 Å². The zero-order valence-electron chi connectivity index (χ0n) is 12.6. The topological polar surface area (TPSA) is 64.6 Å². The first-order valence-corrected chi connectivity index (χ1v) is 7.18. The van der Waals surface area contributed by atoms with Gasteiger partial charge in [-0.2, -0.15) is 0 Å². The summed E-state index contributed by atoms with van der Waals surface area (Å²) in [6.45, 7) is 4.58. The SMILES string of the molecule is CC(C)CCC(=O)OCC(=O)NCCOc1ccccc1. The number of carbonyl (C=O) groups excluding carboxylic acids is 2. The number of amides is 1. The highest BCUT2D eigenvalue weighted by atomic mass is 16.5. The minimum absolute atomic E-state index is 0.234. The highest BCUT2D eigenvalue weighted by Crippen LogP contribution is 2.07. The molecular weight excluding hydrogens is 270 g/mol. The molecule has 1 aromatic rings. The van der Waals surface area contributed by atoms with Gasteiger partial charge < -0.3 is 14.8 Å². The van der Waals surface area contributed by atoms with Crippen molar-refractivity contribution in [3.05, 3.63) is 30.3 Å². The van der Waals surface area contributed by atoms with Gasteiger partial charge in [-0.1, -0.05) is 32.0 Å². The molecule has 0 aliphatic heterocycles. The minimum atomic E-state index is -0.334. The van der Waals surface area contributed by atoms with Crippen LogP contribution in [0.2, 0.25) is 0 Å². The van der Waals surface area contributed by atoms with Gasteiger partial charge >= 0.3 is 5.97 Å². The molecule has 0 saturated carbocycles. The first-order chi connectivity index (χ1) is 10.1. The van der Waals surface area contributed by atoms with Gasteiger partial charge in [-0.05, 0) is 24.5 Å². The van der Waals surface area contributed by atoms with Crippen molar-refractivity contribution in [2.75, 3.05) is 19.8 Å². The van der Waals surface area contributed by atoms with Crippen LogP contribution in [0, 0.1) is 5.92 Å². The molecule has 1 amide bonds. The second-order valence-electron chi connectivity index (χ2n) is 5.10. The highest BCUT2D eigenvalue weighted by Gasteiger charge is 2.08. The zero-order chi connectivity index (χ0) is 15.5.